The third kappa shape index (κ3) is 3.20. The maximum atomic E-state index is 5.61. The van der Waals surface area contributed by atoms with Crippen LogP contribution in [0.1, 0.15) is 12.5 Å². The molecule has 108 valence electrons. The second kappa shape index (κ2) is 6.20. The fourth-order valence-corrected chi connectivity index (χ4v) is 2.88. The summed E-state index contributed by atoms with van der Waals surface area (Å²) >= 11 is 1.60. The summed E-state index contributed by atoms with van der Waals surface area (Å²) in [4.78, 5) is 9.03. The molecule has 0 aliphatic carbocycles. The van der Waals surface area contributed by atoms with E-state index in [2.05, 4.69) is 22.1 Å². The van der Waals surface area contributed by atoms with E-state index in [1.54, 1.807) is 11.8 Å². The molecule has 3 N–H and O–H groups in total. The Kier molecular flexibility index (Phi) is 4.13. The van der Waals surface area contributed by atoms with Gasteiger partial charge >= 0.3 is 0 Å². The van der Waals surface area contributed by atoms with Crippen molar-refractivity contribution in [2.45, 2.75) is 23.5 Å². The highest BCUT2D eigenvalue weighted by Gasteiger charge is 2.06. The topological polar surface area (TPSA) is 63.9 Å². The van der Waals surface area contributed by atoms with Crippen LogP contribution in [0.3, 0.4) is 0 Å². The van der Waals surface area contributed by atoms with Gasteiger partial charge in [0.2, 0.25) is 0 Å². The van der Waals surface area contributed by atoms with Crippen molar-refractivity contribution < 1.29 is 4.74 Å². The van der Waals surface area contributed by atoms with Crippen molar-refractivity contribution in [1.82, 2.24) is 9.97 Å². The zero-order valence-corrected chi connectivity index (χ0v) is 12.6. The van der Waals surface area contributed by atoms with Crippen LogP contribution in [0.25, 0.3) is 11.0 Å². The monoisotopic (exact) mass is 299 g/mol. The summed E-state index contributed by atoms with van der Waals surface area (Å²) in [6.07, 6.45) is 0. The molecule has 5 heteroatoms. The molecular weight excluding hydrogens is 282 g/mol. The molecule has 0 radical (unpaired) electrons. The number of ether oxygens (including phenoxy) is 1. The van der Waals surface area contributed by atoms with Gasteiger partial charge in [-0.25, -0.2) is 4.98 Å². The molecule has 4 nitrogen and oxygen atoms in total. The second-order valence-corrected chi connectivity index (χ2v) is 5.67. The zero-order chi connectivity index (χ0) is 14.7. The van der Waals surface area contributed by atoms with Gasteiger partial charge in [-0.1, -0.05) is 23.9 Å². The van der Waals surface area contributed by atoms with Crippen LogP contribution >= 0.6 is 11.8 Å². The van der Waals surface area contributed by atoms with E-state index in [0.717, 1.165) is 32.4 Å². The minimum atomic E-state index is 0.565. The molecule has 0 fully saturated rings. The quantitative estimate of drug-likeness (QED) is 0.756. The number of H-pyrrole nitrogens is 1. The molecule has 1 aromatic heterocycles. The van der Waals surface area contributed by atoms with E-state index in [1.165, 1.54) is 0 Å². The fraction of sp³-hybridized carbons (Fsp3) is 0.188. The number of fused-ring (bicyclic) bond motifs is 1. The first-order chi connectivity index (χ1) is 10.3. The summed E-state index contributed by atoms with van der Waals surface area (Å²) in [6, 6.07) is 14.1. The summed E-state index contributed by atoms with van der Waals surface area (Å²) in [5.74, 6) is 0.859. The van der Waals surface area contributed by atoms with Crippen LogP contribution in [0.2, 0.25) is 0 Å². The lowest BCUT2D eigenvalue weighted by Gasteiger charge is -2.01. The minimum absolute atomic E-state index is 0.565. The van der Waals surface area contributed by atoms with E-state index >= 15 is 0 Å². The van der Waals surface area contributed by atoms with Crippen LogP contribution in [-0.4, -0.2) is 16.6 Å². The highest BCUT2D eigenvalue weighted by molar-refractivity contribution is 7.99. The molecule has 2 aromatic carbocycles. The Bertz CT molecular complexity index is 737. The third-order valence-electron chi connectivity index (χ3n) is 3.12. The van der Waals surface area contributed by atoms with E-state index in [-0.39, 0.29) is 0 Å². The van der Waals surface area contributed by atoms with Crippen LogP contribution in [0, 0.1) is 0 Å². The van der Waals surface area contributed by atoms with Crippen molar-refractivity contribution in [3.63, 3.8) is 0 Å². The largest absolute Gasteiger partial charge is 0.494 e. The smallest absolute Gasteiger partial charge is 0.171 e. The lowest BCUT2D eigenvalue weighted by Crippen LogP contribution is -1.94. The normalized spacial score (nSPS) is 11.0. The SMILES string of the molecule is CCOc1ccc2nc(Sc3ccc(CN)cc3)[nH]c2c1. The molecule has 0 amide bonds. The standard InChI is InChI=1S/C16H17N3OS/c1-2-20-12-5-8-14-15(9-12)19-16(18-14)21-13-6-3-11(10-17)4-7-13/h3-9H,2,10,17H2,1H3,(H,18,19). The number of imidazole rings is 1. The van der Waals surface area contributed by atoms with Crippen LogP contribution in [-0.2, 0) is 6.54 Å². The van der Waals surface area contributed by atoms with Crippen molar-refractivity contribution in [1.29, 1.82) is 0 Å². The maximum absolute atomic E-state index is 5.61. The average Bonchev–Trinajstić information content (AvgIpc) is 2.90. The Balaban J connectivity index is 1.83. The van der Waals surface area contributed by atoms with Gasteiger partial charge in [0, 0.05) is 17.5 Å². The first-order valence-corrected chi connectivity index (χ1v) is 7.69. The molecule has 0 aliphatic heterocycles. The van der Waals surface area contributed by atoms with Crippen molar-refractivity contribution in [2.24, 2.45) is 5.73 Å². The molecular formula is C16H17N3OS. The number of aromatic amines is 1. The number of hydrogen-bond acceptors (Lipinski definition) is 4. The number of benzene rings is 2. The molecule has 0 unspecified atom stereocenters. The van der Waals surface area contributed by atoms with E-state index in [0.29, 0.717) is 13.2 Å². The van der Waals surface area contributed by atoms with E-state index in [1.807, 2.05) is 37.3 Å². The van der Waals surface area contributed by atoms with Crippen LogP contribution < -0.4 is 10.5 Å². The first kappa shape index (κ1) is 14.0. The van der Waals surface area contributed by atoms with Gasteiger partial charge in [-0.3, -0.25) is 0 Å². The third-order valence-corrected chi connectivity index (χ3v) is 4.01. The highest BCUT2D eigenvalue weighted by atomic mass is 32.2. The molecule has 0 bridgehead atoms. The number of nitrogens with two attached hydrogens (primary N) is 1. The lowest BCUT2D eigenvalue weighted by atomic mass is 10.2. The highest BCUT2D eigenvalue weighted by Crippen LogP contribution is 2.28. The predicted molar refractivity (Wildman–Crippen MR) is 85.7 cm³/mol. The van der Waals surface area contributed by atoms with Crippen molar-refractivity contribution in [3.05, 3.63) is 48.0 Å². The van der Waals surface area contributed by atoms with E-state index in [4.69, 9.17) is 10.5 Å². The molecule has 0 spiro atoms. The Morgan fingerprint density at radius 1 is 1.19 bits per heavy atom. The molecule has 3 rings (SSSR count). The number of hydrogen-bond donors (Lipinski definition) is 2. The van der Waals surface area contributed by atoms with Crippen molar-refractivity contribution >= 4 is 22.8 Å². The summed E-state index contributed by atoms with van der Waals surface area (Å²) in [7, 11) is 0. The van der Waals surface area contributed by atoms with Gasteiger partial charge in [0.05, 0.1) is 17.6 Å². The van der Waals surface area contributed by atoms with E-state index in [9.17, 15) is 0 Å². The van der Waals surface area contributed by atoms with Gasteiger partial charge < -0.3 is 15.5 Å². The van der Waals surface area contributed by atoms with E-state index < -0.39 is 0 Å². The second-order valence-electron chi connectivity index (χ2n) is 4.60. The summed E-state index contributed by atoms with van der Waals surface area (Å²) in [5, 5.41) is 0.874. The lowest BCUT2D eigenvalue weighted by molar-refractivity contribution is 0.340. The van der Waals surface area contributed by atoms with Crippen molar-refractivity contribution in [3.8, 4) is 5.75 Å². The molecule has 21 heavy (non-hydrogen) atoms. The van der Waals surface area contributed by atoms with Crippen LogP contribution in [0.4, 0.5) is 0 Å². The molecule has 0 saturated heterocycles. The van der Waals surface area contributed by atoms with Gasteiger partial charge in [-0.15, -0.1) is 0 Å². The zero-order valence-electron chi connectivity index (χ0n) is 11.8. The predicted octanol–water partition coefficient (Wildman–Crippen LogP) is 3.57. The van der Waals surface area contributed by atoms with Crippen LogP contribution in [0.5, 0.6) is 5.75 Å². The molecule has 1 heterocycles. The van der Waals surface area contributed by atoms with Gasteiger partial charge in [-0.05, 0) is 36.8 Å². The van der Waals surface area contributed by atoms with Gasteiger partial charge in [0.25, 0.3) is 0 Å². The van der Waals surface area contributed by atoms with Crippen LogP contribution in [0.15, 0.2) is 52.5 Å². The maximum Gasteiger partial charge on any atom is 0.171 e. The Morgan fingerprint density at radius 3 is 2.71 bits per heavy atom. The van der Waals surface area contributed by atoms with Gasteiger partial charge in [-0.2, -0.15) is 0 Å². The van der Waals surface area contributed by atoms with Gasteiger partial charge in [0.1, 0.15) is 5.75 Å². The first-order valence-electron chi connectivity index (χ1n) is 6.88. The number of rotatable bonds is 5. The summed E-state index contributed by atoms with van der Waals surface area (Å²) in [6.45, 7) is 3.20. The molecule has 3 aromatic rings. The Morgan fingerprint density at radius 2 is 2.00 bits per heavy atom. The number of aromatic nitrogens is 2. The number of nitrogens with zero attached hydrogens (tertiary/aromatic N) is 1. The summed E-state index contributed by atoms with van der Waals surface area (Å²) in [5.41, 5.74) is 8.67. The molecule has 0 saturated carbocycles. The summed E-state index contributed by atoms with van der Waals surface area (Å²) < 4.78 is 5.50. The van der Waals surface area contributed by atoms with Crippen molar-refractivity contribution in [2.75, 3.05) is 6.61 Å². The average molecular weight is 299 g/mol. The Hall–Kier alpha value is -1.98. The molecule has 0 aliphatic rings. The number of nitrogens with one attached hydrogen (secondary N) is 1. The Labute approximate surface area is 127 Å². The van der Waals surface area contributed by atoms with Gasteiger partial charge in [0.15, 0.2) is 5.16 Å². The molecule has 0 atom stereocenters. The fourth-order valence-electron chi connectivity index (χ4n) is 2.08. The minimum Gasteiger partial charge on any atom is -0.494 e.